The summed E-state index contributed by atoms with van der Waals surface area (Å²) >= 11 is 0. The quantitative estimate of drug-likeness (QED) is 0.795. The van der Waals surface area contributed by atoms with Gasteiger partial charge in [0.15, 0.2) is 17.3 Å². The average Bonchev–Trinajstić information content (AvgIpc) is 2.04. The van der Waals surface area contributed by atoms with Gasteiger partial charge in [-0.15, -0.1) is 12.4 Å². The maximum absolute atomic E-state index is 13.0. The van der Waals surface area contributed by atoms with Crippen LogP contribution in [0.5, 0.6) is 5.75 Å². The van der Waals surface area contributed by atoms with E-state index in [0.717, 1.165) is 0 Å². The van der Waals surface area contributed by atoms with Crippen LogP contribution >= 0.6 is 12.4 Å². The highest BCUT2D eigenvalue weighted by Crippen LogP contribution is 2.17. The lowest BCUT2D eigenvalue weighted by atomic mass is 10.3. The van der Waals surface area contributed by atoms with Crippen molar-refractivity contribution in [1.82, 2.24) is 4.98 Å². The normalized spacial score (nSPS) is 8.77. The summed E-state index contributed by atoms with van der Waals surface area (Å²) in [4.78, 5) is 13.7. The molecule has 72 valence electrons. The van der Waals surface area contributed by atoms with Gasteiger partial charge in [-0.3, -0.25) is 0 Å². The van der Waals surface area contributed by atoms with Gasteiger partial charge in [0.2, 0.25) is 0 Å². The lowest BCUT2D eigenvalue weighted by Gasteiger charge is -2.01. The van der Waals surface area contributed by atoms with Gasteiger partial charge < -0.3 is 9.84 Å². The highest BCUT2D eigenvalue weighted by atomic mass is 35.5. The van der Waals surface area contributed by atoms with Gasteiger partial charge in [-0.1, -0.05) is 0 Å². The fourth-order valence-corrected chi connectivity index (χ4v) is 0.733. The summed E-state index contributed by atoms with van der Waals surface area (Å²) in [5, 5.41) is 8.43. The van der Waals surface area contributed by atoms with E-state index in [1.807, 2.05) is 0 Å². The number of hydrogen-bond donors (Lipinski definition) is 1. The summed E-state index contributed by atoms with van der Waals surface area (Å²) in [5.74, 6) is -2.48. The maximum atomic E-state index is 13.0. The average molecular weight is 208 g/mol. The van der Waals surface area contributed by atoms with Gasteiger partial charge >= 0.3 is 5.97 Å². The summed E-state index contributed by atoms with van der Waals surface area (Å²) in [6.45, 7) is 0. The van der Waals surface area contributed by atoms with Crippen molar-refractivity contribution in [2.24, 2.45) is 0 Å². The molecule has 1 aromatic rings. The zero-order valence-electron chi connectivity index (χ0n) is 6.65. The molecular formula is C7H7ClFNO3. The van der Waals surface area contributed by atoms with Crippen LogP contribution in [-0.4, -0.2) is 23.2 Å². The standard InChI is InChI=1S/C7H6FNO3.ClH/c1-12-4-2-3-9-6(5(4)8)7(10)11;/h2-3H,1H3,(H,10,11);1H. The van der Waals surface area contributed by atoms with Crippen molar-refractivity contribution in [1.29, 1.82) is 0 Å². The molecule has 0 unspecified atom stereocenters. The van der Waals surface area contributed by atoms with E-state index < -0.39 is 17.5 Å². The fourth-order valence-electron chi connectivity index (χ4n) is 0.733. The smallest absolute Gasteiger partial charge is 0.357 e. The number of hydrogen-bond acceptors (Lipinski definition) is 3. The minimum absolute atomic E-state index is 0. The van der Waals surface area contributed by atoms with Gasteiger partial charge in [0.25, 0.3) is 0 Å². The van der Waals surface area contributed by atoms with Crippen LogP contribution in [0.2, 0.25) is 0 Å². The number of ether oxygens (including phenoxy) is 1. The monoisotopic (exact) mass is 207 g/mol. The highest BCUT2D eigenvalue weighted by Gasteiger charge is 2.15. The van der Waals surface area contributed by atoms with E-state index in [4.69, 9.17) is 5.11 Å². The third kappa shape index (κ3) is 2.29. The Morgan fingerprint density at radius 1 is 1.69 bits per heavy atom. The number of carboxylic acid groups (broad SMARTS) is 1. The zero-order valence-corrected chi connectivity index (χ0v) is 7.47. The second-order valence-electron chi connectivity index (χ2n) is 1.98. The van der Waals surface area contributed by atoms with Gasteiger partial charge in [-0.2, -0.15) is 0 Å². The van der Waals surface area contributed by atoms with E-state index in [0.29, 0.717) is 0 Å². The SMILES string of the molecule is COc1ccnc(C(=O)O)c1F.Cl. The summed E-state index contributed by atoms with van der Waals surface area (Å²) in [5.41, 5.74) is -0.630. The Kier molecular flexibility index (Phi) is 4.13. The van der Waals surface area contributed by atoms with E-state index >= 15 is 0 Å². The molecule has 6 heteroatoms. The van der Waals surface area contributed by atoms with Gasteiger partial charge in [0.1, 0.15) is 0 Å². The molecule has 0 saturated heterocycles. The van der Waals surface area contributed by atoms with Crippen LogP contribution in [0.25, 0.3) is 0 Å². The molecule has 1 heterocycles. The first kappa shape index (κ1) is 11.6. The Labute approximate surface area is 79.8 Å². The molecule has 0 aliphatic carbocycles. The maximum Gasteiger partial charge on any atom is 0.357 e. The zero-order chi connectivity index (χ0) is 9.14. The molecule has 1 N–H and O–H groups in total. The molecule has 0 aliphatic heterocycles. The van der Waals surface area contributed by atoms with Crippen LogP contribution in [-0.2, 0) is 0 Å². The Morgan fingerprint density at radius 3 is 2.77 bits per heavy atom. The highest BCUT2D eigenvalue weighted by molar-refractivity contribution is 5.86. The third-order valence-corrected chi connectivity index (χ3v) is 1.28. The number of pyridine rings is 1. The first-order valence-corrected chi connectivity index (χ1v) is 3.08. The number of carboxylic acids is 1. The minimum Gasteiger partial charge on any atom is -0.494 e. The number of rotatable bonds is 2. The summed E-state index contributed by atoms with van der Waals surface area (Å²) in [7, 11) is 1.25. The number of carbonyl (C=O) groups is 1. The lowest BCUT2D eigenvalue weighted by Crippen LogP contribution is -2.05. The molecule has 0 spiro atoms. The van der Waals surface area contributed by atoms with Crippen molar-refractivity contribution in [3.63, 3.8) is 0 Å². The van der Waals surface area contributed by atoms with Gasteiger partial charge in [0.05, 0.1) is 7.11 Å². The van der Waals surface area contributed by atoms with E-state index in [1.54, 1.807) is 0 Å². The van der Waals surface area contributed by atoms with Crippen molar-refractivity contribution in [2.75, 3.05) is 7.11 Å². The van der Waals surface area contributed by atoms with E-state index in [9.17, 15) is 9.18 Å². The number of methoxy groups -OCH3 is 1. The van der Waals surface area contributed by atoms with Crippen molar-refractivity contribution in [3.8, 4) is 5.75 Å². The van der Waals surface area contributed by atoms with Crippen LogP contribution in [0.15, 0.2) is 12.3 Å². The molecule has 1 rings (SSSR count). The van der Waals surface area contributed by atoms with Crippen molar-refractivity contribution in [3.05, 3.63) is 23.8 Å². The molecule has 1 aromatic heterocycles. The molecule has 0 atom stereocenters. The Bertz CT molecular complexity index is 319. The van der Waals surface area contributed by atoms with Crippen molar-refractivity contribution >= 4 is 18.4 Å². The number of aromatic carboxylic acids is 1. The lowest BCUT2D eigenvalue weighted by molar-refractivity contribution is 0.0684. The number of halogens is 2. The molecule has 4 nitrogen and oxygen atoms in total. The predicted molar refractivity (Wildman–Crippen MR) is 45.0 cm³/mol. The topological polar surface area (TPSA) is 59.4 Å². The van der Waals surface area contributed by atoms with Gasteiger partial charge in [-0.25, -0.2) is 14.2 Å². The Balaban J connectivity index is 0.00000144. The second-order valence-corrected chi connectivity index (χ2v) is 1.98. The van der Waals surface area contributed by atoms with E-state index in [-0.39, 0.29) is 18.2 Å². The molecule has 13 heavy (non-hydrogen) atoms. The number of nitrogens with zero attached hydrogens (tertiary/aromatic N) is 1. The Hall–Kier alpha value is -1.36. The molecule has 0 radical (unpaired) electrons. The predicted octanol–water partition coefficient (Wildman–Crippen LogP) is 1.35. The molecular weight excluding hydrogens is 201 g/mol. The fraction of sp³-hybridized carbons (Fsp3) is 0.143. The van der Waals surface area contributed by atoms with E-state index in [2.05, 4.69) is 9.72 Å². The van der Waals surface area contributed by atoms with Gasteiger partial charge in [-0.05, 0) is 0 Å². The molecule has 0 saturated carbocycles. The van der Waals surface area contributed by atoms with Crippen LogP contribution in [0.4, 0.5) is 4.39 Å². The van der Waals surface area contributed by atoms with Crippen molar-refractivity contribution in [2.45, 2.75) is 0 Å². The van der Waals surface area contributed by atoms with Crippen LogP contribution in [0.1, 0.15) is 10.5 Å². The number of aromatic nitrogens is 1. The summed E-state index contributed by atoms with van der Waals surface area (Å²) in [6, 6.07) is 1.25. The third-order valence-electron chi connectivity index (χ3n) is 1.28. The molecule has 0 aromatic carbocycles. The Morgan fingerprint density at radius 2 is 2.31 bits per heavy atom. The minimum atomic E-state index is -1.41. The second kappa shape index (κ2) is 4.61. The van der Waals surface area contributed by atoms with Gasteiger partial charge in [0, 0.05) is 12.3 Å². The first-order chi connectivity index (χ1) is 5.66. The van der Waals surface area contributed by atoms with Crippen LogP contribution in [0.3, 0.4) is 0 Å². The van der Waals surface area contributed by atoms with Crippen LogP contribution in [0, 0.1) is 5.82 Å². The largest absolute Gasteiger partial charge is 0.494 e. The molecule has 0 aliphatic rings. The first-order valence-electron chi connectivity index (χ1n) is 3.08. The molecule has 0 amide bonds. The summed E-state index contributed by atoms with van der Waals surface area (Å²) < 4.78 is 17.5. The van der Waals surface area contributed by atoms with E-state index in [1.165, 1.54) is 19.4 Å². The molecule has 0 fully saturated rings. The van der Waals surface area contributed by atoms with Crippen LogP contribution < -0.4 is 4.74 Å². The summed E-state index contributed by atoms with van der Waals surface area (Å²) in [6.07, 6.45) is 1.17. The molecule has 0 bridgehead atoms. The van der Waals surface area contributed by atoms with Crippen molar-refractivity contribution < 1.29 is 19.0 Å².